The quantitative estimate of drug-likeness (QED) is 0.890. The van der Waals surface area contributed by atoms with Gasteiger partial charge in [-0.25, -0.2) is 9.37 Å². The summed E-state index contributed by atoms with van der Waals surface area (Å²) in [6, 6.07) is 7.41. The summed E-state index contributed by atoms with van der Waals surface area (Å²) < 4.78 is 13.1. The van der Waals surface area contributed by atoms with Gasteiger partial charge in [0.25, 0.3) is 0 Å². The molecular weight excluding hydrogens is 271 g/mol. The molecule has 1 aromatic carbocycles. The molecule has 1 aliphatic rings. The highest BCUT2D eigenvalue weighted by Crippen LogP contribution is 2.31. The van der Waals surface area contributed by atoms with Crippen LogP contribution < -0.4 is 5.32 Å². The number of nitrogens with one attached hydrogen (secondary N) is 1. The van der Waals surface area contributed by atoms with E-state index in [1.54, 1.807) is 11.3 Å². The number of hydrogen-bond acceptors (Lipinski definition) is 3. The van der Waals surface area contributed by atoms with Gasteiger partial charge in [-0.05, 0) is 36.5 Å². The second kappa shape index (κ2) is 5.62. The van der Waals surface area contributed by atoms with Gasteiger partial charge in [-0.3, -0.25) is 0 Å². The van der Waals surface area contributed by atoms with Crippen LogP contribution in [0.1, 0.15) is 54.9 Å². The van der Waals surface area contributed by atoms with Gasteiger partial charge < -0.3 is 5.32 Å². The molecule has 1 aromatic heterocycles. The van der Waals surface area contributed by atoms with Crippen molar-refractivity contribution in [2.75, 3.05) is 0 Å². The third kappa shape index (κ3) is 3.07. The van der Waals surface area contributed by atoms with Crippen LogP contribution in [0.3, 0.4) is 0 Å². The zero-order valence-corrected chi connectivity index (χ0v) is 12.6. The highest BCUT2D eigenvalue weighted by Gasteiger charge is 2.28. The van der Waals surface area contributed by atoms with E-state index in [0.717, 1.165) is 16.3 Å². The number of aromatic nitrogens is 1. The molecule has 20 heavy (non-hydrogen) atoms. The molecule has 3 rings (SSSR count). The Hall–Kier alpha value is -1.26. The van der Waals surface area contributed by atoms with Crippen molar-refractivity contribution < 1.29 is 4.39 Å². The van der Waals surface area contributed by atoms with Gasteiger partial charge in [-0.1, -0.05) is 26.0 Å². The zero-order valence-electron chi connectivity index (χ0n) is 11.8. The summed E-state index contributed by atoms with van der Waals surface area (Å²) in [5.41, 5.74) is 2.22. The monoisotopic (exact) mass is 290 g/mol. The molecule has 2 aromatic rings. The van der Waals surface area contributed by atoms with Crippen LogP contribution >= 0.6 is 11.3 Å². The van der Waals surface area contributed by atoms with Gasteiger partial charge >= 0.3 is 0 Å². The molecule has 2 nitrogen and oxygen atoms in total. The number of rotatable bonds is 5. The molecule has 4 heteroatoms. The molecule has 0 aliphatic heterocycles. The van der Waals surface area contributed by atoms with Crippen molar-refractivity contribution in [1.82, 2.24) is 10.3 Å². The van der Waals surface area contributed by atoms with Crippen molar-refractivity contribution in [3.63, 3.8) is 0 Å². The van der Waals surface area contributed by atoms with Crippen LogP contribution in [0.4, 0.5) is 4.39 Å². The van der Waals surface area contributed by atoms with Crippen LogP contribution in [0.2, 0.25) is 0 Å². The number of thiazole rings is 1. The van der Waals surface area contributed by atoms with E-state index in [1.807, 2.05) is 12.1 Å². The van der Waals surface area contributed by atoms with Crippen molar-refractivity contribution in [1.29, 1.82) is 0 Å². The van der Waals surface area contributed by atoms with E-state index in [-0.39, 0.29) is 11.9 Å². The number of halogens is 1. The molecule has 0 saturated heterocycles. The number of nitrogens with zero attached hydrogens (tertiary/aromatic N) is 1. The number of benzene rings is 1. The normalized spacial score (nSPS) is 16.6. The van der Waals surface area contributed by atoms with Gasteiger partial charge in [-0.2, -0.15) is 0 Å². The molecule has 1 saturated carbocycles. The van der Waals surface area contributed by atoms with Gasteiger partial charge in [0.05, 0.1) is 11.7 Å². The molecule has 0 bridgehead atoms. The Morgan fingerprint density at radius 2 is 1.95 bits per heavy atom. The fraction of sp³-hybridized carbons (Fsp3) is 0.438. The molecule has 0 amide bonds. The van der Waals surface area contributed by atoms with E-state index in [0.29, 0.717) is 12.0 Å². The molecule has 1 unspecified atom stereocenters. The second-order valence-corrected chi connectivity index (χ2v) is 6.58. The summed E-state index contributed by atoms with van der Waals surface area (Å²) in [6.45, 7) is 4.31. The molecule has 1 heterocycles. The molecule has 1 N–H and O–H groups in total. The van der Waals surface area contributed by atoms with Gasteiger partial charge in [0.15, 0.2) is 0 Å². The highest BCUT2D eigenvalue weighted by atomic mass is 32.1. The zero-order chi connectivity index (χ0) is 14.1. The standard InChI is InChI=1S/C16H19FN2S/c1-10(2)14-9-20-16(19-14)15(18-13-7-8-13)11-3-5-12(17)6-4-11/h3-6,9-10,13,15,18H,7-8H2,1-2H3. The molecular formula is C16H19FN2S. The first-order chi connectivity index (χ1) is 9.63. The third-order valence-corrected chi connectivity index (χ3v) is 4.49. The minimum Gasteiger partial charge on any atom is -0.301 e. The third-order valence-electron chi connectivity index (χ3n) is 3.56. The van der Waals surface area contributed by atoms with E-state index in [9.17, 15) is 4.39 Å². The summed E-state index contributed by atoms with van der Waals surface area (Å²) in [5, 5.41) is 6.83. The van der Waals surface area contributed by atoms with Crippen LogP contribution in [-0.2, 0) is 0 Å². The highest BCUT2D eigenvalue weighted by molar-refractivity contribution is 7.09. The summed E-state index contributed by atoms with van der Waals surface area (Å²) in [7, 11) is 0. The molecule has 106 valence electrons. The Bertz CT molecular complexity index is 572. The first-order valence-corrected chi connectivity index (χ1v) is 7.98. The Morgan fingerprint density at radius 3 is 2.50 bits per heavy atom. The van der Waals surface area contributed by atoms with Crippen molar-refractivity contribution in [2.45, 2.75) is 44.7 Å². The van der Waals surface area contributed by atoms with Crippen LogP contribution in [0.25, 0.3) is 0 Å². The van der Waals surface area contributed by atoms with E-state index < -0.39 is 0 Å². The topological polar surface area (TPSA) is 24.9 Å². The second-order valence-electron chi connectivity index (χ2n) is 5.69. The Morgan fingerprint density at radius 1 is 1.25 bits per heavy atom. The Labute approximate surface area is 123 Å². The average Bonchev–Trinajstić information content (AvgIpc) is 3.11. The lowest BCUT2D eigenvalue weighted by atomic mass is 10.1. The fourth-order valence-corrected chi connectivity index (χ4v) is 3.21. The number of hydrogen-bond donors (Lipinski definition) is 1. The largest absolute Gasteiger partial charge is 0.301 e. The minimum atomic E-state index is -0.194. The van der Waals surface area contributed by atoms with Crippen molar-refractivity contribution in [2.24, 2.45) is 0 Å². The lowest BCUT2D eigenvalue weighted by Gasteiger charge is -2.16. The molecule has 1 fully saturated rings. The fourth-order valence-electron chi connectivity index (χ4n) is 2.15. The summed E-state index contributed by atoms with van der Waals surface area (Å²) in [4.78, 5) is 4.75. The molecule has 0 radical (unpaired) electrons. The van der Waals surface area contributed by atoms with Gasteiger partial charge in [0.2, 0.25) is 0 Å². The lowest BCUT2D eigenvalue weighted by molar-refractivity contribution is 0.590. The maximum atomic E-state index is 13.1. The smallest absolute Gasteiger partial charge is 0.123 e. The molecule has 1 aliphatic carbocycles. The Kier molecular flexibility index (Phi) is 3.85. The maximum absolute atomic E-state index is 13.1. The van der Waals surface area contributed by atoms with Gasteiger partial charge in [0, 0.05) is 11.4 Å². The predicted octanol–water partition coefficient (Wildman–Crippen LogP) is 4.25. The van der Waals surface area contributed by atoms with Crippen molar-refractivity contribution >= 4 is 11.3 Å². The van der Waals surface area contributed by atoms with Crippen LogP contribution in [-0.4, -0.2) is 11.0 Å². The SMILES string of the molecule is CC(C)c1csc(C(NC2CC2)c2ccc(F)cc2)n1. The Balaban J connectivity index is 1.89. The minimum absolute atomic E-state index is 0.0839. The lowest BCUT2D eigenvalue weighted by Crippen LogP contribution is -2.24. The molecule has 0 spiro atoms. The van der Waals surface area contributed by atoms with Crippen molar-refractivity contribution in [3.05, 3.63) is 51.7 Å². The summed E-state index contributed by atoms with van der Waals surface area (Å²) in [6.07, 6.45) is 2.44. The van der Waals surface area contributed by atoms with E-state index in [4.69, 9.17) is 4.98 Å². The first kappa shape index (κ1) is 13.7. The van der Waals surface area contributed by atoms with E-state index >= 15 is 0 Å². The maximum Gasteiger partial charge on any atom is 0.123 e. The summed E-state index contributed by atoms with van der Waals surface area (Å²) in [5.74, 6) is 0.246. The van der Waals surface area contributed by atoms with Crippen LogP contribution in [0.5, 0.6) is 0 Å². The molecule has 1 atom stereocenters. The van der Waals surface area contributed by atoms with E-state index in [2.05, 4.69) is 24.5 Å². The van der Waals surface area contributed by atoms with Crippen LogP contribution in [0.15, 0.2) is 29.6 Å². The first-order valence-electron chi connectivity index (χ1n) is 7.10. The summed E-state index contributed by atoms with van der Waals surface area (Å²) >= 11 is 1.69. The van der Waals surface area contributed by atoms with Crippen molar-refractivity contribution in [3.8, 4) is 0 Å². The van der Waals surface area contributed by atoms with E-state index in [1.165, 1.54) is 25.0 Å². The average molecular weight is 290 g/mol. The van der Waals surface area contributed by atoms with Crippen LogP contribution in [0, 0.1) is 5.82 Å². The predicted molar refractivity (Wildman–Crippen MR) is 80.6 cm³/mol. The van der Waals surface area contributed by atoms with Gasteiger partial charge in [0.1, 0.15) is 10.8 Å². The van der Waals surface area contributed by atoms with Gasteiger partial charge in [-0.15, -0.1) is 11.3 Å².